The fraction of sp³-hybridized carbons (Fsp3) is 0.250. The quantitative estimate of drug-likeness (QED) is 0.481. The zero-order valence-electron chi connectivity index (χ0n) is 14.6. The van der Waals surface area contributed by atoms with Crippen molar-refractivity contribution in [2.45, 2.75) is 32.4 Å². The average Bonchev–Trinajstić information content (AvgIpc) is 3.04. The summed E-state index contributed by atoms with van der Waals surface area (Å²) in [6, 6.07) is 14.0. The first-order valence-corrected chi connectivity index (χ1v) is 9.11. The minimum atomic E-state index is 0.0772. The van der Waals surface area contributed by atoms with Crippen LogP contribution < -0.4 is 0 Å². The number of hydrogen-bond donors (Lipinski definition) is 0. The summed E-state index contributed by atoms with van der Waals surface area (Å²) in [5.74, 6) is 0.924. The minimum absolute atomic E-state index is 0.0772. The zero-order valence-corrected chi connectivity index (χ0v) is 15.4. The molecule has 0 amide bonds. The van der Waals surface area contributed by atoms with Gasteiger partial charge in [-0.2, -0.15) is 0 Å². The molecule has 0 aliphatic carbocycles. The molecule has 25 heavy (non-hydrogen) atoms. The Labute approximate surface area is 151 Å². The van der Waals surface area contributed by atoms with E-state index >= 15 is 0 Å². The number of hydrogen-bond acceptors (Lipinski definition) is 5. The van der Waals surface area contributed by atoms with Crippen molar-refractivity contribution >= 4 is 17.5 Å². The van der Waals surface area contributed by atoms with Crippen molar-refractivity contribution in [1.29, 1.82) is 0 Å². The van der Waals surface area contributed by atoms with Gasteiger partial charge in [0.05, 0.1) is 12.2 Å². The van der Waals surface area contributed by atoms with Gasteiger partial charge in [0.25, 0.3) is 5.22 Å². The van der Waals surface area contributed by atoms with Gasteiger partial charge in [-0.05, 0) is 49.1 Å². The molecule has 0 aliphatic rings. The number of Topliss-reactive ketones (excluding diaryl/α,β-unsaturated/α-hetero) is 1. The fourth-order valence-corrected chi connectivity index (χ4v) is 3.27. The minimum Gasteiger partial charge on any atom is -0.416 e. The van der Waals surface area contributed by atoms with Crippen LogP contribution in [0.1, 0.15) is 38.5 Å². The number of benzene rings is 2. The summed E-state index contributed by atoms with van der Waals surface area (Å²) in [5, 5.41) is 8.51. The van der Waals surface area contributed by atoms with Crippen LogP contribution >= 0.6 is 11.8 Å². The van der Waals surface area contributed by atoms with Gasteiger partial charge in [-0.3, -0.25) is 4.79 Å². The molecule has 0 atom stereocenters. The molecule has 3 aromatic rings. The lowest BCUT2D eigenvalue weighted by molar-refractivity contribution is 0.102. The van der Waals surface area contributed by atoms with E-state index in [1.54, 1.807) is 0 Å². The zero-order chi connectivity index (χ0) is 17.8. The van der Waals surface area contributed by atoms with Gasteiger partial charge in [-0.1, -0.05) is 48.2 Å². The van der Waals surface area contributed by atoms with Crippen LogP contribution in [0.25, 0.3) is 0 Å². The maximum absolute atomic E-state index is 12.5. The number of ketones is 1. The van der Waals surface area contributed by atoms with Crippen molar-refractivity contribution in [3.05, 3.63) is 76.2 Å². The van der Waals surface area contributed by atoms with E-state index in [1.807, 2.05) is 50.2 Å². The summed E-state index contributed by atoms with van der Waals surface area (Å²) >= 11 is 1.28. The number of rotatable bonds is 6. The van der Waals surface area contributed by atoms with Crippen molar-refractivity contribution < 1.29 is 9.21 Å². The molecule has 128 valence electrons. The standard InChI is InChI=1S/C20H20N2O2S/c1-13-9-15(3)17(10-14(13)2)18(23)12-25-20-22-21-19(24-20)11-16-7-5-4-6-8-16/h4-10H,11-12H2,1-3H3. The van der Waals surface area contributed by atoms with Crippen LogP contribution in [-0.4, -0.2) is 21.7 Å². The van der Waals surface area contributed by atoms with Crippen molar-refractivity contribution in [3.8, 4) is 0 Å². The van der Waals surface area contributed by atoms with Crippen LogP contribution in [0.2, 0.25) is 0 Å². The van der Waals surface area contributed by atoms with E-state index in [-0.39, 0.29) is 11.5 Å². The van der Waals surface area contributed by atoms with Gasteiger partial charge in [-0.15, -0.1) is 10.2 Å². The van der Waals surface area contributed by atoms with Crippen LogP contribution in [0.3, 0.4) is 0 Å². The van der Waals surface area contributed by atoms with Crippen LogP contribution in [0.4, 0.5) is 0 Å². The molecular formula is C20H20N2O2S. The lowest BCUT2D eigenvalue weighted by Gasteiger charge is -2.08. The van der Waals surface area contributed by atoms with Crippen LogP contribution in [0.15, 0.2) is 52.1 Å². The monoisotopic (exact) mass is 352 g/mol. The predicted molar refractivity (Wildman–Crippen MR) is 99.3 cm³/mol. The summed E-state index contributed by atoms with van der Waals surface area (Å²) in [6.45, 7) is 6.04. The molecule has 0 radical (unpaired) electrons. The lowest BCUT2D eigenvalue weighted by Crippen LogP contribution is -2.06. The average molecular weight is 352 g/mol. The highest BCUT2D eigenvalue weighted by Gasteiger charge is 2.14. The van der Waals surface area contributed by atoms with E-state index in [0.717, 1.165) is 22.3 Å². The summed E-state index contributed by atoms with van der Waals surface area (Å²) < 4.78 is 5.64. The Morgan fingerprint density at radius 3 is 2.48 bits per heavy atom. The third kappa shape index (κ3) is 4.37. The Morgan fingerprint density at radius 1 is 1.00 bits per heavy atom. The molecule has 1 aromatic heterocycles. The first-order valence-electron chi connectivity index (χ1n) is 8.13. The Kier molecular flexibility index (Phi) is 5.34. The van der Waals surface area contributed by atoms with E-state index < -0.39 is 0 Å². The Bertz CT molecular complexity index is 888. The summed E-state index contributed by atoms with van der Waals surface area (Å²) in [6.07, 6.45) is 0.596. The first-order chi connectivity index (χ1) is 12.0. The predicted octanol–water partition coefficient (Wildman–Crippen LogP) is 4.56. The number of thioether (sulfide) groups is 1. The van der Waals surface area contributed by atoms with Gasteiger partial charge in [-0.25, -0.2) is 0 Å². The van der Waals surface area contributed by atoms with Gasteiger partial charge in [0.15, 0.2) is 5.78 Å². The second-order valence-corrected chi connectivity index (χ2v) is 7.01. The van der Waals surface area contributed by atoms with Gasteiger partial charge in [0, 0.05) is 5.56 Å². The topological polar surface area (TPSA) is 56.0 Å². The largest absolute Gasteiger partial charge is 0.416 e. The fourth-order valence-electron chi connectivity index (χ4n) is 2.60. The highest BCUT2D eigenvalue weighted by Crippen LogP contribution is 2.22. The molecule has 0 fully saturated rings. The van der Waals surface area contributed by atoms with Gasteiger partial charge >= 0.3 is 0 Å². The van der Waals surface area contributed by atoms with Crippen molar-refractivity contribution in [1.82, 2.24) is 10.2 Å². The second kappa shape index (κ2) is 7.66. The number of carbonyl (C=O) groups is 1. The normalized spacial score (nSPS) is 10.8. The Balaban J connectivity index is 1.62. The Hall–Kier alpha value is -2.40. The third-order valence-corrected chi connectivity index (χ3v) is 4.93. The highest BCUT2D eigenvalue weighted by molar-refractivity contribution is 7.99. The van der Waals surface area contributed by atoms with Crippen molar-refractivity contribution in [2.24, 2.45) is 0 Å². The van der Waals surface area contributed by atoms with E-state index in [0.29, 0.717) is 17.5 Å². The smallest absolute Gasteiger partial charge is 0.277 e. The Morgan fingerprint density at radius 2 is 1.72 bits per heavy atom. The molecule has 0 unspecified atom stereocenters. The molecule has 0 aliphatic heterocycles. The summed E-state index contributed by atoms with van der Waals surface area (Å²) in [7, 11) is 0. The molecule has 2 aromatic carbocycles. The molecule has 0 saturated carbocycles. The lowest BCUT2D eigenvalue weighted by atomic mass is 9.99. The summed E-state index contributed by atoms with van der Waals surface area (Å²) in [5.41, 5.74) is 5.21. The van der Waals surface area contributed by atoms with Crippen LogP contribution in [0.5, 0.6) is 0 Å². The van der Waals surface area contributed by atoms with E-state index in [4.69, 9.17) is 4.42 Å². The van der Waals surface area contributed by atoms with Crippen molar-refractivity contribution in [2.75, 3.05) is 5.75 Å². The number of aromatic nitrogens is 2. The summed E-state index contributed by atoms with van der Waals surface area (Å²) in [4.78, 5) is 12.5. The maximum atomic E-state index is 12.5. The molecular weight excluding hydrogens is 332 g/mol. The molecule has 0 N–H and O–H groups in total. The number of nitrogens with zero attached hydrogens (tertiary/aromatic N) is 2. The van der Waals surface area contributed by atoms with Gasteiger partial charge in [0.2, 0.25) is 5.89 Å². The van der Waals surface area contributed by atoms with Gasteiger partial charge < -0.3 is 4.42 Å². The highest BCUT2D eigenvalue weighted by atomic mass is 32.2. The van der Waals surface area contributed by atoms with E-state index in [1.165, 1.54) is 17.3 Å². The molecule has 4 nitrogen and oxygen atoms in total. The third-order valence-electron chi connectivity index (χ3n) is 4.11. The van der Waals surface area contributed by atoms with E-state index in [2.05, 4.69) is 23.2 Å². The van der Waals surface area contributed by atoms with Crippen LogP contribution in [-0.2, 0) is 6.42 Å². The molecule has 0 spiro atoms. The van der Waals surface area contributed by atoms with Gasteiger partial charge in [0.1, 0.15) is 0 Å². The van der Waals surface area contributed by atoms with Crippen LogP contribution in [0, 0.1) is 20.8 Å². The number of aryl methyl sites for hydroxylation is 3. The molecule has 5 heteroatoms. The number of carbonyl (C=O) groups excluding carboxylic acids is 1. The molecule has 0 bridgehead atoms. The molecule has 1 heterocycles. The van der Waals surface area contributed by atoms with E-state index in [9.17, 15) is 4.79 Å². The SMILES string of the molecule is Cc1cc(C)c(C(=O)CSc2nnc(Cc3ccccc3)o2)cc1C. The molecule has 3 rings (SSSR count). The second-order valence-electron chi connectivity index (χ2n) is 6.09. The first kappa shape index (κ1) is 17.4. The molecule has 0 saturated heterocycles. The van der Waals surface area contributed by atoms with Crippen molar-refractivity contribution in [3.63, 3.8) is 0 Å². The maximum Gasteiger partial charge on any atom is 0.277 e.